The highest BCUT2D eigenvalue weighted by Crippen LogP contribution is 2.30. The van der Waals surface area contributed by atoms with Crippen molar-refractivity contribution in [3.8, 4) is 0 Å². The van der Waals surface area contributed by atoms with E-state index >= 15 is 0 Å². The molecule has 3 rings (SSSR count). The predicted molar refractivity (Wildman–Crippen MR) is 127 cm³/mol. The van der Waals surface area contributed by atoms with E-state index < -0.39 is 58.2 Å². The van der Waals surface area contributed by atoms with Gasteiger partial charge in [0.05, 0.1) is 17.1 Å². The molecule has 2 aromatic rings. The van der Waals surface area contributed by atoms with Gasteiger partial charge in [-0.1, -0.05) is 6.07 Å². The van der Waals surface area contributed by atoms with Crippen LogP contribution < -0.4 is 5.32 Å². The number of allylic oxidation sites excluding steroid dienone is 3. The maximum absolute atomic E-state index is 14.6. The summed E-state index contributed by atoms with van der Waals surface area (Å²) in [5.74, 6) is -2.48. The molecule has 1 N–H and O–H groups in total. The number of sulfonamides is 1. The van der Waals surface area contributed by atoms with E-state index in [2.05, 4.69) is 22.0 Å². The number of carbonyl (C=O) groups excluding carboxylic acids is 1. The minimum Gasteiger partial charge on any atom is -0.349 e. The van der Waals surface area contributed by atoms with Gasteiger partial charge in [-0.25, -0.2) is 21.6 Å². The number of alkyl halides is 4. The van der Waals surface area contributed by atoms with Crippen LogP contribution in [0.5, 0.6) is 0 Å². The van der Waals surface area contributed by atoms with E-state index in [1.165, 1.54) is 0 Å². The number of amides is 1. The van der Waals surface area contributed by atoms with Gasteiger partial charge in [-0.15, -0.1) is 0 Å². The Balaban J connectivity index is 1.79. The smallest absolute Gasteiger partial charge is 0.349 e. The third kappa shape index (κ3) is 6.48. The fourth-order valence-corrected chi connectivity index (χ4v) is 5.36. The Hall–Kier alpha value is -3.52. The zero-order valence-corrected chi connectivity index (χ0v) is 20.7. The van der Waals surface area contributed by atoms with E-state index in [9.17, 15) is 39.6 Å². The van der Waals surface area contributed by atoms with E-state index in [1.807, 2.05) is 0 Å². The molecule has 7 nitrogen and oxygen atoms in total. The lowest BCUT2D eigenvalue weighted by Gasteiger charge is -2.24. The van der Waals surface area contributed by atoms with Crippen LogP contribution in [0.4, 0.5) is 26.3 Å². The first kappa shape index (κ1) is 29.0. The van der Waals surface area contributed by atoms with Crippen LogP contribution in [0.25, 0.3) is 5.57 Å². The van der Waals surface area contributed by atoms with E-state index in [1.54, 1.807) is 0 Å². The molecule has 1 amide bonds. The van der Waals surface area contributed by atoms with Gasteiger partial charge in [0.25, 0.3) is 0 Å². The number of rotatable bonds is 8. The summed E-state index contributed by atoms with van der Waals surface area (Å²) in [6.45, 7) is 3.64. The van der Waals surface area contributed by atoms with Crippen molar-refractivity contribution in [2.45, 2.75) is 36.6 Å². The maximum Gasteiger partial charge on any atom is 0.433 e. The van der Waals surface area contributed by atoms with E-state index in [4.69, 9.17) is 0 Å². The quantitative estimate of drug-likeness (QED) is 0.294. The topological polar surface area (TPSA) is 91.7 Å². The van der Waals surface area contributed by atoms with Gasteiger partial charge in [-0.2, -0.15) is 17.5 Å². The second kappa shape index (κ2) is 11.5. The molecule has 1 saturated heterocycles. The molecule has 1 aromatic carbocycles. The number of benzene rings is 1. The number of hydrogen-bond acceptors (Lipinski definition) is 5. The number of pyridine rings is 1. The van der Waals surface area contributed by atoms with Crippen LogP contribution >= 0.6 is 0 Å². The number of halogens is 6. The lowest BCUT2D eigenvalue weighted by atomic mass is 10.1. The molecule has 1 aliphatic heterocycles. The van der Waals surface area contributed by atoms with Crippen molar-refractivity contribution in [3.63, 3.8) is 0 Å². The lowest BCUT2D eigenvalue weighted by molar-refractivity contribution is -0.141. The van der Waals surface area contributed by atoms with Crippen molar-refractivity contribution in [3.05, 3.63) is 77.3 Å². The molecule has 2 atom stereocenters. The van der Waals surface area contributed by atoms with Gasteiger partial charge in [0.2, 0.25) is 15.9 Å². The standard InChI is InChI=1S/C24H22F6N4O3S/c1-14(25)19(15-3-8-21(32-12-15)24(28,29)30)11-17(31-2)13-33-23(35)22-20(27)9-10-34(22)38(36,37)18-6-4-16(26)5-7-18/h3-8,11-12,20,22H,2,9-10,13H2,1H3,(H,33,35)/b17-11-,19-14-/t20-,22-/m0/s1. The number of nitrogens with zero attached hydrogens (tertiary/aromatic N) is 3. The Morgan fingerprint density at radius 3 is 2.42 bits per heavy atom. The molecule has 14 heteroatoms. The van der Waals surface area contributed by atoms with Crippen LogP contribution in [0.3, 0.4) is 0 Å². The third-order valence-electron chi connectivity index (χ3n) is 5.66. The Morgan fingerprint density at radius 2 is 1.89 bits per heavy atom. The van der Waals surface area contributed by atoms with Crippen LogP contribution in [0.15, 0.2) is 70.1 Å². The zero-order chi connectivity index (χ0) is 28.3. The van der Waals surface area contributed by atoms with Gasteiger partial charge in [0.1, 0.15) is 29.6 Å². The predicted octanol–water partition coefficient (Wildman–Crippen LogP) is 4.44. The van der Waals surface area contributed by atoms with E-state index in [0.29, 0.717) is 10.4 Å². The second-order valence-corrected chi connectivity index (χ2v) is 10.1. The zero-order valence-electron chi connectivity index (χ0n) is 19.8. The number of hydrogen-bond donors (Lipinski definition) is 1. The Labute approximate surface area is 214 Å². The van der Waals surface area contributed by atoms with Crippen molar-refractivity contribution in [2.75, 3.05) is 13.1 Å². The fraction of sp³-hybridized carbons (Fsp3) is 0.292. The van der Waals surface area contributed by atoms with Crippen LogP contribution in [0.1, 0.15) is 24.6 Å². The Kier molecular flexibility index (Phi) is 8.77. The number of nitrogens with one attached hydrogen (secondary N) is 1. The summed E-state index contributed by atoms with van der Waals surface area (Å²) in [6.07, 6.45) is -4.84. The second-order valence-electron chi connectivity index (χ2n) is 8.21. The molecule has 0 saturated carbocycles. The average molecular weight is 561 g/mol. The number of carbonyl (C=O) groups is 1. The van der Waals surface area contributed by atoms with Gasteiger partial charge < -0.3 is 5.32 Å². The van der Waals surface area contributed by atoms with Crippen molar-refractivity contribution in [1.82, 2.24) is 14.6 Å². The Bertz CT molecular complexity index is 1350. The summed E-state index contributed by atoms with van der Waals surface area (Å²) in [4.78, 5) is 19.5. The SMILES string of the molecule is C=N/C(=C\C(=C(/C)F)c1ccc(C(F)(F)F)nc1)CNC(=O)[C@@H]1[C@@H](F)CCN1S(=O)(=O)c1ccc(F)cc1. The molecule has 0 aliphatic carbocycles. The molecular formula is C24H22F6N4O3S. The van der Waals surface area contributed by atoms with Crippen LogP contribution in [0, 0.1) is 5.82 Å². The first-order valence-electron chi connectivity index (χ1n) is 11.0. The minimum atomic E-state index is -4.69. The highest BCUT2D eigenvalue weighted by Gasteiger charge is 2.46. The minimum absolute atomic E-state index is 0.0124. The van der Waals surface area contributed by atoms with Gasteiger partial charge in [0, 0.05) is 23.9 Å². The Morgan fingerprint density at radius 1 is 1.24 bits per heavy atom. The molecule has 0 spiro atoms. The molecule has 1 aliphatic rings. The molecular weight excluding hydrogens is 538 g/mol. The molecule has 1 aromatic heterocycles. The largest absolute Gasteiger partial charge is 0.433 e. The first-order valence-corrected chi connectivity index (χ1v) is 12.5. The summed E-state index contributed by atoms with van der Waals surface area (Å²) >= 11 is 0. The van der Waals surface area contributed by atoms with Crippen LogP contribution in [0.2, 0.25) is 0 Å². The lowest BCUT2D eigenvalue weighted by Crippen LogP contribution is -2.49. The third-order valence-corrected chi connectivity index (χ3v) is 7.56. The summed E-state index contributed by atoms with van der Waals surface area (Å²) in [5.41, 5.74) is -1.42. The fourth-order valence-electron chi connectivity index (χ4n) is 3.74. The molecule has 0 bridgehead atoms. The molecule has 0 radical (unpaired) electrons. The van der Waals surface area contributed by atoms with Crippen LogP contribution in [-0.2, 0) is 21.0 Å². The van der Waals surface area contributed by atoms with Crippen molar-refractivity contribution < 1.29 is 39.6 Å². The van der Waals surface area contributed by atoms with E-state index in [-0.39, 0.29) is 34.7 Å². The number of aromatic nitrogens is 1. The summed E-state index contributed by atoms with van der Waals surface area (Å²) in [7, 11) is -4.34. The van der Waals surface area contributed by atoms with Gasteiger partial charge in [-0.3, -0.25) is 14.8 Å². The van der Waals surface area contributed by atoms with Gasteiger partial charge in [-0.05, 0) is 56.5 Å². The summed E-state index contributed by atoms with van der Waals surface area (Å²) in [5, 5.41) is 2.34. The van der Waals surface area contributed by atoms with Gasteiger partial charge in [0.15, 0.2) is 0 Å². The highest BCUT2D eigenvalue weighted by molar-refractivity contribution is 7.89. The molecule has 2 heterocycles. The van der Waals surface area contributed by atoms with Crippen LogP contribution in [-0.4, -0.2) is 55.6 Å². The summed E-state index contributed by atoms with van der Waals surface area (Å²) < 4.78 is 107. The highest BCUT2D eigenvalue weighted by atomic mass is 32.2. The molecule has 0 unspecified atom stereocenters. The summed E-state index contributed by atoms with van der Waals surface area (Å²) in [6, 6.07) is 3.78. The maximum atomic E-state index is 14.6. The van der Waals surface area contributed by atoms with E-state index in [0.717, 1.165) is 49.5 Å². The molecule has 1 fully saturated rings. The van der Waals surface area contributed by atoms with Gasteiger partial charge >= 0.3 is 6.18 Å². The van der Waals surface area contributed by atoms with Crippen molar-refractivity contribution in [2.24, 2.45) is 4.99 Å². The molecule has 204 valence electrons. The average Bonchev–Trinajstić information content (AvgIpc) is 3.26. The monoisotopic (exact) mass is 560 g/mol. The van der Waals surface area contributed by atoms with Crippen molar-refractivity contribution >= 4 is 28.2 Å². The number of aliphatic imine (C=N–C) groups is 1. The van der Waals surface area contributed by atoms with Crippen molar-refractivity contribution in [1.29, 1.82) is 0 Å². The normalized spacial score (nSPS) is 19.7. The molecule has 38 heavy (non-hydrogen) atoms. The first-order chi connectivity index (χ1) is 17.8.